The lowest BCUT2D eigenvalue weighted by atomic mass is 9.90. The number of hydrogen-bond acceptors (Lipinski definition) is 2. The Labute approximate surface area is 93.6 Å². The van der Waals surface area contributed by atoms with Crippen LogP contribution in [0.15, 0.2) is 0 Å². The van der Waals surface area contributed by atoms with E-state index in [2.05, 4.69) is 0 Å². The van der Waals surface area contributed by atoms with Gasteiger partial charge in [0.05, 0.1) is 12.2 Å². The highest BCUT2D eigenvalue weighted by Gasteiger charge is 2.28. The Hall–Kier alpha value is -0.0800. The van der Waals surface area contributed by atoms with Crippen LogP contribution in [0.1, 0.15) is 64.2 Å². The lowest BCUT2D eigenvalue weighted by Crippen LogP contribution is -2.43. The first-order chi connectivity index (χ1) is 7.34. The van der Waals surface area contributed by atoms with Crippen LogP contribution in [0, 0.1) is 0 Å². The molecule has 0 bridgehead atoms. The molecule has 0 aromatic carbocycles. The van der Waals surface area contributed by atoms with Crippen LogP contribution in [0.25, 0.3) is 0 Å². The van der Waals surface area contributed by atoms with Gasteiger partial charge < -0.3 is 10.5 Å². The van der Waals surface area contributed by atoms with Crippen molar-refractivity contribution >= 4 is 0 Å². The number of rotatable bonds is 2. The van der Waals surface area contributed by atoms with Gasteiger partial charge in [0.25, 0.3) is 0 Å². The van der Waals surface area contributed by atoms with Crippen LogP contribution in [0.2, 0.25) is 0 Å². The molecular weight excluding hydrogens is 186 g/mol. The van der Waals surface area contributed by atoms with Crippen molar-refractivity contribution in [3.8, 4) is 0 Å². The van der Waals surface area contributed by atoms with Gasteiger partial charge in [0.1, 0.15) is 0 Å². The second-order valence-corrected chi connectivity index (χ2v) is 5.31. The smallest absolute Gasteiger partial charge is 0.0608 e. The standard InChI is InChI=1S/C13H25NO/c14-11-9-13(10-11)15-12-7-5-3-1-2-4-6-8-12/h11-13H,1-10,14H2/t11-,13-. The van der Waals surface area contributed by atoms with Crippen molar-refractivity contribution in [3.63, 3.8) is 0 Å². The average Bonchev–Trinajstić information content (AvgIpc) is 2.29. The summed E-state index contributed by atoms with van der Waals surface area (Å²) in [6.07, 6.45) is 14.2. The molecule has 2 aliphatic carbocycles. The van der Waals surface area contributed by atoms with Gasteiger partial charge in [0.2, 0.25) is 0 Å². The molecule has 0 saturated heterocycles. The predicted molar refractivity (Wildman–Crippen MR) is 62.8 cm³/mol. The molecule has 0 heterocycles. The van der Waals surface area contributed by atoms with Gasteiger partial charge in [0.15, 0.2) is 0 Å². The molecule has 2 heteroatoms. The zero-order valence-corrected chi connectivity index (χ0v) is 9.79. The molecule has 0 aromatic heterocycles. The topological polar surface area (TPSA) is 35.2 Å². The molecule has 2 N–H and O–H groups in total. The zero-order chi connectivity index (χ0) is 10.5. The van der Waals surface area contributed by atoms with E-state index < -0.39 is 0 Å². The largest absolute Gasteiger partial charge is 0.375 e. The van der Waals surface area contributed by atoms with E-state index in [-0.39, 0.29) is 0 Å². The van der Waals surface area contributed by atoms with E-state index in [9.17, 15) is 0 Å². The molecular formula is C13H25NO. The van der Waals surface area contributed by atoms with E-state index in [1.54, 1.807) is 0 Å². The molecule has 2 fully saturated rings. The first kappa shape index (κ1) is 11.4. The fourth-order valence-corrected chi connectivity index (χ4v) is 2.72. The first-order valence-corrected chi connectivity index (χ1v) is 6.75. The van der Waals surface area contributed by atoms with Crippen molar-refractivity contribution in [1.82, 2.24) is 0 Å². The highest BCUT2D eigenvalue weighted by atomic mass is 16.5. The van der Waals surface area contributed by atoms with Crippen molar-refractivity contribution < 1.29 is 4.74 Å². The second-order valence-electron chi connectivity index (χ2n) is 5.31. The fraction of sp³-hybridized carbons (Fsp3) is 1.00. The van der Waals surface area contributed by atoms with Crippen LogP contribution < -0.4 is 5.73 Å². The van der Waals surface area contributed by atoms with Crippen LogP contribution in [0.4, 0.5) is 0 Å². The molecule has 0 atom stereocenters. The van der Waals surface area contributed by atoms with Crippen LogP contribution in [0.3, 0.4) is 0 Å². The first-order valence-electron chi connectivity index (χ1n) is 6.75. The molecule has 2 saturated carbocycles. The summed E-state index contributed by atoms with van der Waals surface area (Å²) in [6.45, 7) is 0. The molecule has 0 radical (unpaired) electrons. The van der Waals surface area contributed by atoms with Gasteiger partial charge in [-0.25, -0.2) is 0 Å². The zero-order valence-electron chi connectivity index (χ0n) is 9.79. The highest BCUT2D eigenvalue weighted by Crippen LogP contribution is 2.27. The summed E-state index contributed by atoms with van der Waals surface area (Å²) < 4.78 is 6.11. The van der Waals surface area contributed by atoms with Gasteiger partial charge in [-0.05, 0) is 25.7 Å². The molecule has 0 spiro atoms. The summed E-state index contributed by atoms with van der Waals surface area (Å²) in [5.74, 6) is 0. The van der Waals surface area contributed by atoms with Crippen LogP contribution in [0.5, 0.6) is 0 Å². The number of nitrogens with two attached hydrogens (primary N) is 1. The van der Waals surface area contributed by atoms with Crippen LogP contribution >= 0.6 is 0 Å². The quantitative estimate of drug-likeness (QED) is 0.762. The molecule has 0 aliphatic heterocycles. The summed E-state index contributed by atoms with van der Waals surface area (Å²) in [5, 5.41) is 0. The maximum Gasteiger partial charge on any atom is 0.0608 e. The summed E-state index contributed by atoms with van der Waals surface area (Å²) in [4.78, 5) is 0. The van der Waals surface area contributed by atoms with E-state index in [4.69, 9.17) is 10.5 Å². The van der Waals surface area contributed by atoms with Gasteiger partial charge in [-0.2, -0.15) is 0 Å². The van der Waals surface area contributed by atoms with Gasteiger partial charge in [-0.1, -0.05) is 38.5 Å². The Morgan fingerprint density at radius 1 is 0.733 bits per heavy atom. The Morgan fingerprint density at radius 3 is 1.80 bits per heavy atom. The van der Waals surface area contributed by atoms with Crippen molar-refractivity contribution in [1.29, 1.82) is 0 Å². The lowest BCUT2D eigenvalue weighted by molar-refractivity contribution is -0.0657. The van der Waals surface area contributed by atoms with Gasteiger partial charge in [0, 0.05) is 6.04 Å². The summed E-state index contributed by atoms with van der Waals surface area (Å²) in [5.41, 5.74) is 5.77. The maximum absolute atomic E-state index is 6.11. The van der Waals surface area contributed by atoms with Crippen molar-refractivity contribution in [2.45, 2.75) is 82.5 Å². The minimum atomic E-state index is 0.423. The Bertz CT molecular complexity index is 167. The van der Waals surface area contributed by atoms with Crippen LogP contribution in [-0.4, -0.2) is 18.2 Å². The molecule has 88 valence electrons. The Balaban J connectivity index is 1.68. The summed E-state index contributed by atoms with van der Waals surface area (Å²) >= 11 is 0. The molecule has 2 aliphatic rings. The Kier molecular flexibility index (Phi) is 4.45. The van der Waals surface area contributed by atoms with E-state index in [1.807, 2.05) is 0 Å². The predicted octanol–water partition coefficient (Wildman–Crippen LogP) is 3.00. The van der Waals surface area contributed by atoms with Crippen molar-refractivity contribution in [2.75, 3.05) is 0 Å². The molecule has 0 aromatic rings. The second kappa shape index (κ2) is 5.86. The molecule has 2 rings (SSSR count). The van der Waals surface area contributed by atoms with E-state index in [0.29, 0.717) is 18.2 Å². The third-order valence-electron chi connectivity index (χ3n) is 3.82. The van der Waals surface area contributed by atoms with E-state index in [1.165, 1.54) is 51.4 Å². The third-order valence-corrected chi connectivity index (χ3v) is 3.82. The van der Waals surface area contributed by atoms with Crippen LogP contribution in [-0.2, 0) is 4.74 Å². The average molecular weight is 211 g/mol. The van der Waals surface area contributed by atoms with Gasteiger partial charge in [-0.15, -0.1) is 0 Å². The lowest BCUT2D eigenvalue weighted by Gasteiger charge is -2.35. The Morgan fingerprint density at radius 2 is 1.27 bits per heavy atom. The van der Waals surface area contributed by atoms with Crippen molar-refractivity contribution in [2.24, 2.45) is 5.73 Å². The minimum Gasteiger partial charge on any atom is -0.375 e. The summed E-state index contributed by atoms with van der Waals surface area (Å²) in [6, 6.07) is 0.423. The SMILES string of the molecule is N[C@H]1C[C@H](OC2CCCCCCCC2)C1. The summed E-state index contributed by atoms with van der Waals surface area (Å²) in [7, 11) is 0. The third kappa shape index (κ3) is 3.76. The van der Waals surface area contributed by atoms with Gasteiger partial charge >= 0.3 is 0 Å². The minimum absolute atomic E-state index is 0.423. The van der Waals surface area contributed by atoms with Crippen molar-refractivity contribution in [3.05, 3.63) is 0 Å². The monoisotopic (exact) mass is 211 g/mol. The highest BCUT2D eigenvalue weighted by molar-refractivity contribution is 4.84. The van der Waals surface area contributed by atoms with E-state index in [0.717, 1.165) is 12.8 Å². The van der Waals surface area contributed by atoms with Gasteiger partial charge in [-0.3, -0.25) is 0 Å². The molecule has 0 unspecified atom stereocenters. The molecule has 15 heavy (non-hydrogen) atoms. The molecule has 2 nitrogen and oxygen atoms in total. The fourth-order valence-electron chi connectivity index (χ4n) is 2.72. The number of hydrogen-bond donors (Lipinski definition) is 1. The van der Waals surface area contributed by atoms with E-state index >= 15 is 0 Å². The maximum atomic E-state index is 6.11. The normalized spacial score (nSPS) is 35.0. The molecule has 0 amide bonds. The number of ether oxygens (including phenoxy) is 1.